The fourth-order valence-corrected chi connectivity index (χ4v) is 5.18. The van der Waals surface area contributed by atoms with Crippen LogP contribution in [0.25, 0.3) is 0 Å². The van der Waals surface area contributed by atoms with E-state index in [2.05, 4.69) is 62.4 Å². The average molecular weight is 477 g/mol. The zero-order valence-electron chi connectivity index (χ0n) is 21.8. The molecule has 1 aromatic heterocycles. The van der Waals surface area contributed by atoms with Crippen molar-refractivity contribution in [2.24, 2.45) is 5.41 Å². The van der Waals surface area contributed by atoms with Gasteiger partial charge >= 0.3 is 0 Å². The van der Waals surface area contributed by atoms with E-state index in [1.165, 1.54) is 12.0 Å². The summed E-state index contributed by atoms with van der Waals surface area (Å²) in [5, 5.41) is 6.58. The second-order valence-corrected chi connectivity index (χ2v) is 11.8. The van der Waals surface area contributed by atoms with Crippen molar-refractivity contribution in [3.63, 3.8) is 0 Å². The van der Waals surface area contributed by atoms with Crippen LogP contribution in [-0.4, -0.2) is 35.4 Å². The van der Waals surface area contributed by atoms with E-state index in [0.29, 0.717) is 5.56 Å². The Labute approximate surface area is 209 Å². The van der Waals surface area contributed by atoms with Crippen molar-refractivity contribution in [3.05, 3.63) is 59.9 Å². The number of carbonyl (C=O) groups excluding carboxylic acids is 2. The molecule has 1 aliphatic heterocycles. The smallest absolute Gasteiger partial charge is 0.248 e. The number of benzene rings is 1. The molecular weight excluding hydrogens is 436 g/mol. The Morgan fingerprint density at radius 3 is 2.29 bits per heavy atom. The zero-order chi connectivity index (χ0) is 25.2. The molecule has 4 rings (SSSR count). The molecule has 2 aliphatic rings. The van der Waals surface area contributed by atoms with Crippen LogP contribution in [0.15, 0.2) is 48.8 Å². The molecule has 2 aromatic rings. The van der Waals surface area contributed by atoms with E-state index < -0.39 is 6.04 Å². The van der Waals surface area contributed by atoms with Gasteiger partial charge in [0.15, 0.2) is 0 Å². The summed E-state index contributed by atoms with van der Waals surface area (Å²) in [5.41, 5.74) is 2.43. The highest BCUT2D eigenvalue weighted by Gasteiger charge is 2.47. The standard InChI is InChI=1S/C29H40N4O2/c1-28(2,3)21-13-15-23(16-14-21)33(27(35)25-29(4,5)19-31-25)24(20-10-9-17-30-18-20)26(34)32-22-11-7-6-8-12-22/h9-10,13-18,22,24-25,31H,6-8,11-12,19H2,1-5H3,(H,32,34)/t24-,25+/m0/s1. The number of nitrogens with zero attached hydrogens (tertiary/aromatic N) is 2. The van der Waals surface area contributed by atoms with Gasteiger partial charge in [-0.15, -0.1) is 0 Å². The second-order valence-electron chi connectivity index (χ2n) is 11.8. The molecule has 2 atom stereocenters. The molecule has 0 radical (unpaired) electrons. The van der Waals surface area contributed by atoms with Crippen molar-refractivity contribution < 1.29 is 9.59 Å². The molecule has 1 aromatic carbocycles. The molecular formula is C29H40N4O2. The van der Waals surface area contributed by atoms with E-state index >= 15 is 0 Å². The molecule has 6 nitrogen and oxygen atoms in total. The van der Waals surface area contributed by atoms with Gasteiger partial charge in [0.05, 0.1) is 6.04 Å². The first-order valence-corrected chi connectivity index (χ1v) is 13.0. The fraction of sp³-hybridized carbons (Fsp3) is 0.552. The molecule has 6 heteroatoms. The molecule has 1 saturated heterocycles. The highest BCUT2D eigenvalue weighted by atomic mass is 16.2. The lowest BCUT2D eigenvalue weighted by Crippen LogP contribution is -2.67. The molecule has 0 bridgehead atoms. The number of nitrogens with one attached hydrogen (secondary N) is 2. The molecule has 2 fully saturated rings. The summed E-state index contributed by atoms with van der Waals surface area (Å²) in [5.74, 6) is -0.229. The van der Waals surface area contributed by atoms with Crippen LogP contribution in [0, 0.1) is 5.41 Å². The molecule has 0 spiro atoms. The van der Waals surface area contributed by atoms with Crippen LogP contribution in [0.1, 0.15) is 83.9 Å². The van der Waals surface area contributed by atoms with Crippen molar-refractivity contribution in [2.45, 2.75) is 90.3 Å². The second kappa shape index (κ2) is 10.1. The number of hydrogen-bond donors (Lipinski definition) is 2. The van der Waals surface area contributed by atoms with Gasteiger partial charge in [0.25, 0.3) is 0 Å². The summed E-state index contributed by atoms with van der Waals surface area (Å²) in [6.07, 6.45) is 8.83. The summed E-state index contributed by atoms with van der Waals surface area (Å²) >= 11 is 0. The first-order valence-electron chi connectivity index (χ1n) is 13.0. The molecule has 1 aliphatic carbocycles. The first kappa shape index (κ1) is 25.4. The topological polar surface area (TPSA) is 74.3 Å². The predicted octanol–water partition coefficient (Wildman–Crippen LogP) is 4.90. The van der Waals surface area contributed by atoms with Crippen LogP contribution in [0.5, 0.6) is 0 Å². The van der Waals surface area contributed by atoms with Crippen molar-refractivity contribution in [1.29, 1.82) is 0 Å². The highest BCUT2D eigenvalue weighted by molar-refractivity contribution is 6.04. The minimum atomic E-state index is -0.795. The van der Waals surface area contributed by atoms with Gasteiger partial charge < -0.3 is 10.6 Å². The summed E-state index contributed by atoms with van der Waals surface area (Å²) in [6.45, 7) is 11.5. The van der Waals surface area contributed by atoms with Gasteiger partial charge in [-0.05, 0) is 42.0 Å². The minimum absolute atomic E-state index is 0.00794. The third-order valence-corrected chi connectivity index (χ3v) is 7.50. The highest BCUT2D eigenvalue weighted by Crippen LogP contribution is 2.36. The van der Waals surface area contributed by atoms with E-state index in [1.54, 1.807) is 17.3 Å². The number of hydrogen-bond acceptors (Lipinski definition) is 4. The van der Waals surface area contributed by atoms with Crippen molar-refractivity contribution in [1.82, 2.24) is 15.6 Å². The maximum atomic E-state index is 14.1. The lowest BCUT2D eigenvalue weighted by molar-refractivity contribution is -0.131. The molecule has 2 N–H and O–H groups in total. The van der Waals surface area contributed by atoms with E-state index in [-0.39, 0.29) is 34.7 Å². The summed E-state index contributed by atoms with van der Waals surface area (Å²) in [6, 6.07) is 10.8. The largest absolute Gasteiger partial charge is 0.351 e. The lowest BCUT2D eigenvalue weighted by atomic mass is 9.76. The van der Waals surface area contributed by atoms with Gasteiger partial charge in [-0.1, -0.05) is 72.1 Å². The van der Waals surface area contributed by atoms with Gasteiger partial charge in [-0.2, -0.15) is 0 Å². The minimum Gasteiger partial charge on any atom is -0.351 e. The van der Waals surface area contributed by atoms with Crippen molar-refractivity contribution in [3.8, 4) is 0 Å². The molecule has 188 valence electrons. The SMILES string of the molecule is CC(C)(C)c1ccc(N(C(=O)[C@H]2NCC2(C)C)[C@H](C(=O)NC2CCCCC2)c2cccnc2)cc1. The van der Waals surface area contributed by atoms with Gasteiger partial charge in [0, 0.05) is 41.6 Å². The number of anilines is 1. The molecule has 2 heterocycles. The van der Waals surface area contributed by atoms with Crippen molar-refractivity contribution >= 4 is 17.5 Å². The molecule has 35 heavy (non-hydrogen) atoms. The third kappa shape index (κ3) is 5.58. The molecule has 1 saturated carbocycles. The van der Waals surface area contributed by atoms with Gasteiger partial charge in [0.2, 0.25) is 11.8 Å². The fourth-order valence-electron chi connectivity index (χ4n) is 5.18. The average Bonchev–Trinajstić information content (AvgIpc) is 2.82. The number of pyridine rings is 1. The number of aromatic nitrogens is 1. The molecule has 2 amide bonds. The Hall–Kier alpha value is -2.73. The van der Waals surface area contributed by atoms with Gasteiger partial charge in [-0.3, -0.25) is 19.5 Å². The van der Waals surface area contributed by atoms with Crippen molar-refractivity contribution in [2.75, 3.05) is 11.4 Å². The molecule has 0 unspecified atom stereocenters. The third-order valence-electron chi connectivity index (χ3n) is 7.50. The monoisotopic (exact) mass is 476 g/mol. The summed E-state index contributed by atoms with van der Waals surface area (Å²) in [7, 11) is 0. The van der Waals surface area contributed by atoms with Crippen LogP contribution in [0.3, 0.4) is 0 Å². The Balaban J connectivity index is 1.76. The van der Waals surface area contributed by atoms with E-state index in [9.17, 15) is 9.59 Å². The van der Waals surface area contributed by atoms with Crippen LogP contribution in [0.4, 0.5) is 5.69 Å². The quantitative estimate of drug-likeness (QED) is 0.622. The lowest BCUT2D eigenvalue weighted by Gasteiger charge is -2.47. The summed E-state index contributed by atoms with van der Waals surface area (Å²) in [4.78, 5) is 34.0. The maximum Gasteiger partial charge on any atom is 0.248 e. The zero-order valence-corrected chi connectivity index (χ0v) is 21.8. The van der Waals surface area contributed by atoms with E-state index in [0.717, 1.165) is 37.9 Å². The number of carbonyl (C=O) groups is 2. The maximum absolute atomic E-state index is 14.1. The Morgan fingerprint density at radius 1 is 1.09 bits per heavy atom. The number of amides is 2. The van der Waals surface area contributed by atoms with E-state index in [4.69, 9.17) is 0 Å². The normalized spacial score (nSPS) is 21.0. The van der Waals surface area contributed by atoms with Gasteiger partial charge in [-0.25, -0.2) is 0 Å². The Bertz CT molecular complexity index is 1020. The van der Waals surface area contributed by atoms with Crippen LogP contribution in [0.2, 0.25) is 0 Å². The Kier molecular flexibility index (Phi) is 7.32. The van der Waals surface area contributed by atoms with Crippen LogP contribution < -0.4 is 15.5 Å². The van der Waals surface area contributed by atoms with Crippen LogP contribution >= 0.6 is 0 Å². The van der Waals surface area contributed by atoms with Crippen LogP contribution in [-0.2, 0) is 15.0 Å². The Morgan fingerprint density at radius 2 is 1.77 bits per heavy atom. The van der Waals surface area contributed by atoms with E-state index in [1.807, 2.05) is 24.3 Å². The first-order chi connectivity index (χ1) is 16.6. The predicted molar refractivity (Wildman–Crippen MR) is 140 cm³/mol. The number of rotatable bonds is 6. The summed E-state index contributed by atoms with van der Waals surface area (Å²) < 4.78 is 0. The van der Waals surface area contributed by atoms with Gasteiger partial charge in [0.1, 0.15) is 6.04 Å².